The molecule has 2 unspecified atom stereocenters. The third-order valence-corrected chi connectivity index (χ3v) is 4.06. The van der Waals surface area contributed by atoms with E-state index in [1.165, 1.54) is 32.5 Å². The Kier molecular flexibility index (Phi) is 5.26. The van der Waals surface area contributed by atoms with Crippen LogP contribution >= 0.6 is 0 Å². The van der Waals surface area contributed by atoms with Crippen molar-refractivity contribution in [1.82, 2.24) is 10.2 Å². The minimum atomic E-state index is 0.477. The number of nitrogens with one attached hydrogen (secondary N) is 1. The molecule has 1 saturated heterocycles. The molecule has 2 nitrogen and oxygen atoms in total. The second-order valence-electron chi connectivity index (χ2n) is 6.18. The zero-order valence-corrected chi connectivity index (χ0v) is 11.8. The molecule has 1 aliphatic rings. The highest BCUT2D eigenvalue weighted by molar-refractivity contribution is 4.84. The molecule has 0 aromatic rings. The van der Waals surface area contributed by atoms with Crippen LogP contribution in [0.15, 0.2) is 0 Å². The fourth-order valence-electron chi connectivity index (χ4n) is 2.66. The van der Waals surface area contributed by atoms with Gasteiger partial charge in [0, 0.05) is 19.1 Å². The van der Waals surface area contributed by atoms with Crippen molar-refractivity contribution in [3.63, 3.8) is 0 Å². The highest BCUT2D eigenvalue weighted by atomic mass is 15.2. The van der Waals surface area contributed by atoms with Crippen molar-refractivity contribution in [1.29, 1.82) is 0 Å². The minimum absolute atomic E-state index is 0.477. The van der Waals surface area contributed by atoms with Crippen molar-refractivity contribution in [2.45, 2.75) is 53.5 Å². The third-order valence-electron chi connectivity index (χ3n) is 4.06. The summed E-state index contributed by atoms with van der Waals surface area (Å²) in [5.74, 6) is 0.793. The van der Waals surface area contributed by atoms with E-state index in [4.69, 9.17) is 0 Å². The summed E-state index contributed by atoms with van der Waals surface area (Å²) in [5.41, 5.74) is 0.477. The van der Waals surface area contributed by atoms with Gasteiger partial charge in [0.2, 0.25) is 0 Å². The smallest absolute Gasteiger partial charge is 0.0117 e. The zero-order chi connectivity index (χ0) is 12.2. The molecule has 16 heavy (non-hydrogen) atoms. The molecule has 1 rings (SSSR count). The van der Waals surface area contributed by atoms with E-state index in [0.717, 1.165) is 18.5 Å². The lowest BCUT2D eigenvalue weighted by molar-refractivity contribution is 0.103. The lowest BCUT2D eigenvalue weighted by atomic mass is 9.87. The van der Waals surface area contributed by atoms with Crippen LogP contribution < -0.4 is 5.32 Å². The van der Waals surface area contributed by atoms with Crippen LogP contribution in [0.1, 0.15) is 47.5 Å². The molecule has 0 aromatic carbocycles. The SMILES string of the molecule is CCNC1CCN(CC(C)(C)CC)CC1C. The standard InChI is InChI=1S/C14H30N2/c1-6-14(4,5)11-16-9-8-13(15-7-2)12(3)10-16/h12-13,15H,6-11H2,1-5H3. The predicted molar refractivity (Wildman–Crippen MR) is 71.8 cm³/mol. The number of rotatable bonds is 5. The van der Waals surface area contributed by atoms with Crippen LogP contribution in [0.3, 0.4) is 0 Å². The van der Waals surface area contributed by atoms with Gasteiger partial charge < -0.3 is 10.2 Å². The molecule has 2 atom stereocenters. The van der Waals surface area contributed by atoms with Gasteiger partial charge in [-0.1, -0.05) is 34.6 Å². The van der Waals surface area contributed by atoms with E-state index in [1.807, 2.05) is 0 Å². The van der Waals surface area contributed by atoms with Gasteiger partial charge in [0.05, 0.1) is 0 Å². The maximum absolute atomic E-state index is 3.60. The van der Waals surface area contributed by atoms with Crippen molar-refractivity contribution in [3.05, 3.63) is 0 Å². The van der Waals surface area contributed by atoms with Gasteiger partial charge in [0.25, 0.3) is 0 Å². The first-order chi connectivity index (χ1) is 7.48. The van der Waals surface area contributed by atoms with Crippen LogP contribution in [0, 0.1) is 11.3 Å². The molecular formula is C14H30N2. The van der Waals surface area contributed by atoms with Crippen molar-refractivity contribution in [2.24, 2.45) is 11.3 Å². The number of hydrogen-bond donors (Lipinski definition) is 1. The summed E-state index contributed by atoms with van der Waals surface area (Å²) in [6.07, 6.45) is 2.59. The molecule has 0 aliphatic carbocycles. The third kappa shape index (κ3) is 4.06. The Morgan fingerprint density at radius 1 is 1.31 bits per heavy atom. The molecular weight excluding hydrogens is 196 g/mol. The van der Waals surface area contributed by atoms with Crippen LogP contribution in [0.4, 0.5) is 0 Å². The Labute approximate surface area is 102 Å². The molecule has 1 heterocycles. The summed E-state index contributed by atoms with van der Waals surface area (Å²) in [4.78, 5) is 2.65. The molecule has 2 heteroatoms. The van der Waals surface area contributed by atoms with Crippen molar-refractivity contribution in [3.8, 4) is 0 Å². The molecule has 0 radical (unpaired) electrons. The number of hydrogen-bond acceptors (Lipinski definition) is 2. The van der Waals surface area contributed by atoms with Crippen LogP contribution in [0.5, 0.6) is 0 Å². The van der Waals surface area contributed by atoms with Crippen LogP contribution in [0.25, 0.3) is 0 Å². The van der Waals surface area contributed by atoms with E-state index in [9.17, 15) is 0 Å². The number of nitrogens with zero attached hydrogens (tertiary/aromatic N) is 1. The van der Waals surface area contributed by atoms with Crippen LogP contribution in [-0.2, 0) is 0 Å². The van der Waals surface area contributed by atoms with Gasteiger partial charge in [0.1, 0.15) is 0 Å². The van der Waals surface area contributed by atoms with E-state index in [1.54, 1.807) is 0 Å². The van der Waals surface area contributed by atoms with E-state index in [-0.39, 0.29) is 0 Å². The fraction of sp³-hybridized carbons (Fsp3) is 1.00. The van der Waals surface area contributed by atoms with Gasteiger partial charge in [-0.15, -0.1) is 0 Å². The Balaban J connectivity index is 2.39. The summed E-state index contributed by atoms with van der Waals surface area (Å²) in [5, 5.41) is 3.60. The summed E-state index contributed by atoms with van der Waals surface area (Å²) >= 11 is 0. The monoisotopic (exact) mass is 226 g/mol. The van der Waals surface area contributed by atoms with Crippen molar-refractivity contribution >= 4 is 0 Å². The molecule has 0 bridgehead atoms. The summed E-state index contributed by atoms with van der Waals surface area (Å²) in [6, 6.07) is 0.742. The molecule has 0 amide bonds. The Morgan fingerprint density at radius 2 is 2.00 bits per heavy atom. The number of likely N-dealkylation sites (tertiary alicyclic amines) is 1. The Morgan fingerprint density at radius 3 is 2.50 bits per heavy atom. The van der Waals surface area contributed by atoms with Gasteiger partial charge in [-0.25, -0.2) is 0 Å². The first kappa shape index (κ1) is 14.0. The fourth-order valence-corrected chi connectivity index (χ4v) is 2.66. The highest BCUT2D eigenvalue weighted by Crippen LogP contribution is 2.25. The molecule has 1 aliphatic heterocycles. The molecule has 1 fully saturated rings. The van der Waals surface area contributed by atoms with Crippen molar-refractivity contribution < 1.29 is 0 Å². The Bertz CT molecular complexity index is 201. The maximum atomic E-state index is 3.60. The normalized spacial score (nSPS) is 28.3. The zero-order valence-electron chi connectivity index (χ0n) is 11.8. The summed E-state index contributed by atoms with van der Waals surface area (Å²) in [7, 11) is 0. The molecule has 0 aromatic heterocycles. The average Bonchev–Trinajstić information content (AvgIpc) is 2.22. The largest absolute Gasteiger partial charge is 0.314 e. The Hall–Kier alpha value is -0.0800. The van der Waals surface area contributed by atoms with Gasteiger partial charge >= 0.3 is 0 Å². The highest BCUT2D eigenvalue weighted by Gasteiger charge is 2.28. The quantitative estimate of drug-likeness (QED) is 0.775. The van der Waals surface area contributed by atoms with E-state index in [2.05, 4.69) is 44.8 Å². The van der Waals surface area contributed by atoms with Gasteiger partial charge in [-0.2, -0.15) is 0 Å². The maximum Gasteiger partial charge on any atom is 0.0117 e. The van der Waals surface area contributed by atoms with E-state index < -0.39 is 0 Å². The topological polar surface area (TPSA) is 15.3 Å². The van der Waals surface area contributed by atoms with Gasteiger partial charge in [-0.05, 0) is 37.3 Å². The molecule has 0 saturated carbocycles. The van der Waals surface area contributed by atoms with E-state index >= 15 is 0 Å². The average molecular weight is 226 g/mol. The minimum Gasteiger partial charge on any atom is -0.314 e. The summed E-state index contributed by atoms with van der Waals surface area (Å²) in [6.45, 7) is 16.6. The van der Waals surface area contributed by atoms with Crippen LogP contribution in [0.2, 0.25) is 0 Å². The van der Waals surface area contributed by atoms with Gasteiger partial charge in [0.15, 0.2) is 0 Å². The van der Waals surface area contributed by atoms with Gasteiger partial charge in [-0.3, -0.25) is 0 Å². The second kappa shape index (κ2) is 6.02. The first-order valence-electron chi connectivity index (χ1n) is 6.94. The van der Waals surface area contributed by atoms with Crippen molar-refractivity contribution in [2.75, 3.05) is 26.2 Å². The molecule has 96 valence electrons. The summed E-state index contributed by atoms with van der Waals surface area (Å²) < 4.78 is 0. The number of piperidine rings is 1. The van der Waals surface area contributed by atoms with Crippen LogP contribution in [-0.4, -0.2) is 37.1 Å². The lowest BCUT2D eigenvalue weighted by Gasteiger charge is -2.40. The first-order valence-corrected chi connectivity index (χ1v) is 6.94. The second-order valence-corrected chi connectivity index (χ2v) is 6.18. The van der Waals surface area contributed by atoms with E-state index in [0.29, 0.717) is 5.41 Å². The molecule has 0 spiro atoms. The lowest BCUT2D eigenvalue weighted by Crippen LogP contribution is -2.50. The molecule has 1 N–H and O–H groups in total. The predicted octanol–water partition coefficient (Wildman–Crippen LogP) is 2.74.